The van der Waals surface area contributed by atoms with Gasteiger partial charge in [-0.15, -0.1) is 0 Å². The lowest BCUT2D eigenvalue weighted by molar-refractivity contribution is -0.137. The highest BCUT2D eigenvalue weighted by Gasteiger charge is 1.97. The third kappa shape index (κ3) is 3.05. The standard InChI is InChI=1S/C10H14N2O2/c1-3-9-11-7-8(12-9)5-6-10(13)14-4-2/h5-7H,3-4H2,1-2H3,(H,11,12). The van der Waals surface area contributed by atoms with Gasteiger partial charge < -0.3 is 9.72 Å². The van der Waals surface area contributed by atoms with E-state index in [2.05, 4.69) is 9.97 Å². The Morgan fingerprint density at radius 1 is 1.64 bits per heavy atom. The number of carbonyl (C=O) groups is 1. The van der Waals surface area contributed by atoms with Gasteiger partial charge in [-0.3, -0.25) is 0 Å². The predicted molar refractivity (Wildman–Crippen MR) is 53.6 cm³/mol. The highest BCUT2D eigenvalue weighted by molar-refractivity contribution is 5.86. The number of ether oxygens (including phenoxy) is 1. The first-order chi connectivity index (χ1) is 6.76. The Kier molecular flexibility index (Phi) is 3.91. The zero-order chi connectivity index (χ0) is 10.4. The van der Waals surface area contributed by atoms with E-state index in [4.69, 9.17) is 4.74 Å². The minimum Gasteiger partial charge on any atom is -0.463 e. The number of carbonyl (C=O) groups excluding carboxylic acids is 1. The van der Waals surface area contributed by atoms with E-state index in [0.717, 1.165) is 17.9 Å². The van der Waals surface area contributed by atoms with Crippen LogP contribution in [-0.4, -0.2) is 22.5 Å². The number of esters is 1. The van der Waals surface area contributed by atoms with Gasteiger partial charge in [-0.2, -0.15) is 0 Å². The summed E-state index contributed by atoms with van der Waals surface area (Å²) in [5.41, 5.74) is 0.745. The van der Waals surface area contributed by atoms with Gasteiger partial charge in [-0.25, -0.2) is 9.78 Å². The Balaban J connectivity index is 2.55. The highest BCUT2D eigenvalue weighted by atomic mass is 16.5. The fourth-order valence-electron chi connectivity index (χ4n) is 0.988. The fraction of sp³-hybridized carbons (Fsp3) is 0.400. The van der Waals surface area contributed by atoms with E-state index in [9.17, 15) is 4.79 Å². The molecule has 4 nitrogen and oxygen atoms in total. The monoisotopic (exact) mass is 194 g/mol. The summed E-state index contributed by atoms with van der Waals surface area (Å²) in [5, 5.41) is 0. The Morgan fingerprint density at radius 3 is 3.00 bits per heavy atom. The molecule has 0 bridgehead atoms. The molecule has 1 heterocycles. The molecule has 0 unspecified atom stereocenters. The number of H-pyrrole nitrogens is 1. The SMILES string of the molecule is CCOC(=O)C=Cc1c[nH]c(CC)n1. The number of aromatic amines is 1. The first kappa shape index (κ1) is 10.5. The van der Waals surface area contributed by atoms with Crippen molar-refractivity contribution in [1.29, 1.82) is 0 Å². The lowest BCUT2D eigenvalue weighted by atomic mass is 10.4. The van der Waals surface area contributed by atoms with Crippen LogP contribution in [0.3, 0.4) is 0 Å². The maximum absolute atomic E-state index is 10.9. The number of imidazole rings is 1. The van der Waals surface area contributed by atoms with Crippen LogP contribution in [0, 0.1) is 0 Å². The van der Waals surface area contributed by atoms with Crippen LogP contribution in [0.1, 0.15) is 25.4 Å². The second-order valence-electron chi connectivity index (χ2n) is 2.71. The lowest BCUT2D eigenvalue weighted by Crippen LogP contribution is -1.98. The molecule has 0 saturated carbocycles. The number of nitrogens with zero attached hydrogens (tertiary/aromatic N) is 1. The second kappa shape index (κ2) is 5.21. The molecule has 1 rings (SSSR count). The highest BCUT2D eigenvalue weighted by Crippen LogP contribution is 2.00. The maximum atomic E-state index is 10.9. The molecule has 1 aromatic rings. The molecular weight excluding hydrogens is 180 g/mol. The zero-order valence-corrected chi connectivity index (χ0v) is 8.41. The van der Waals surface area contributed by atoms with Crippen molar-refractivity contribution in [2.45, 2.75) is 20.3 Å². The summed E-state index contributed by atoms with van der Waals surface area (Å²) >= 11 is 0. The van der Waals surface area contributed by atoms with E-state index in [1.807, 2.05) is 6.92 Å². The van der Waals surface area contributed by atoms with Gasteiger partial charge in [0.2, 0.25) is 0 Å². The topological polar surface area (TPSA) is 55.0 Å². The van der Waals surface area contributed by atoms with E-state index in [0.29, 0.717) is 6.61 Å². The van der Waals surface area contributed by atoms with Crippen molar-refractivity contribution in [3.05, 3.63) is 23.8 Å². The zero-order valence-electron chi connectivity index (χ0n) is 8.41. The first-order valence-corrected chi connectivity index (χ1v) is 4.65. The van der Waals surface area contributed by atoms with Crippen LogP contribution in [0.25, 0.3) is 6.08 Å². The van der Waals surface area contributed by atoms with Gasteiger partial charge >= 0.3 is 5.97 Å². The van der Waals surface area contributed by atoms with E-state index in [1.165, 1.54) is 6.08 Å². The van der Waals surface area contributed by atoms with Gasteiger partial charge in [0.15, 0.2) is 0 Å². The van der Waals surface area contributed by atoms with Crippen molar-refractivity contribution in [2.24, 2.45) is 0 Å². The number of hydrogen-bond acceptors (Lipinski definition) is 3. The molecule has 4 heteroatoms. The lowest BCUT2D eigenvalue weighted by Gasteiger charge is -1.92. The van der Waals surface area contributed by atoms with Crippen molar-refractivity contribution >= 4 is 12.0 Å². The number of hydrogen-bond donors (Lipinski definition) is 1. The van der Waals surface area contributed by atoms with Crippen LogP contribution in [-0.2, 0) is 16.0 Å². The molecule has 0 amide bonds. The number of aromatic nitrogens is 2. The quantitative estimate of drug-likeness (QED) is 0.584. The van der Waals surface area contributed by atoms with Crippen LogP contribution in [0.5, 0.6) is 0 Å². The first-order valence-electron chi connectivity index (χ1n) is 4.65. The molecule has 0 aliphatic carbocycles. The molecule has 0 atom stereocenters. The smallest absolute Gasteiger partial charge is 0.330 e. The molecule has 0 aromatic carbocycles. The van der Waals surface area contributed by atoms with Crippen LogP contribution in [0.2, 0.25) is 0 Å². The third-order valence-corrected chi connectivity index (χ3v) is 1.66. The van der Waals surface area contributed by atoms with E-state index >= 15 is 0 Å². The normalized spacial score (nSPS) is 10.7. The van der Waals surface area contributed by atoms with Gasteiger partial charge in [0.25, 0.3) is 0 Å². The van der Waals surface area contributed by atoms with Crippen molar-refractivity contribution in [1.82, 2.24) is 9.97 Å². The van der Waals surface area contributed by atoms with E-state index in [-0.39, 0.29) is 5.97 Å². The van der Waals surface area contributed by atoms with E-state index < -0.39 is 0 Å². The van der Waals surface area contributed by atoms with Crippen LogP contribution < -0.4 is 0 Å². The molecule has 1 aromatic heterocycles. The molecule has 0 fully saturated rings. The van der Waals surface area contributed by atoms with Gasteiger partial charge in [0.05, 0.1) is 12.3 Å². The third-order valence-electron chi connectivity index (χ3n) is 1.66. The predicted octanol–water partition coefficient (Wildman–Crippen LogP) is 1.55. The van der Waals surface area contributed by atoms with E-state index in [1.54, 1.807) is 19.2 Å². The Hall–Kier alpha value is -1.58. The summed E-state index contributed by atoms with van der Waals surface area (Å²) in [7, 11) is 0. The van der Waals surface area contributed by atoms with Crippen molar-refractivity contribution in [3.63, 3.8) is 0 Å². The van der Waals surface area contributed by atoms with Gasteiger partial charge in [-0.1, -0.05) is 6.92 Å². The molecule has 14 heavy (non-hydrogen) atoms. The summed E-state index contributed by atoms with van der Waals surface area (Å²) in [6, 6.07) is 0. The summed E-state index contributed by atoms with van der Waals surface area (Å²) in [4.78, 5) is 18.2. The van der Waals surface area contributed by atoms with Gasteiger partial charge in [-0.05, 0) is 13.0 Å². The number of rotatable bonds is 4. The Morgan fingerprint density at radius 2 is 2.43 bits per heavy atom. The molecular formula is C10H14N2O2. The molecule has 0 spiro atoms. The molecule has 0 saturated heterocycles. The molecule has 76 valence electrons. The maximum Gasteiger partial charge on any atom is 0.330 e. The average molecular weight is 194 g/mol. The van der Waals surface area contributed by atoms with Crippen molar-refractivity contribution in [3.8, 4) is 0 Å². The summed E-state index contributed by atoms with van der Waals surface area (Å²) in [6.07, 6.45) is 5.62. The summed E-state index contributed by atoms with van der Waals surface area (Å²) in [6.45, 7) is 4.18. The van der Waals surface area contributed by atoms with Crippen LogP contribution in [0.15, 0.2) is 12.3 Å². The fourth-order valence-corrected chi connectivity index (χ4v) is 0.988. The van der Waals surface area contributed by atoms with Crippen molar-refractivity contribution < 1.29 is 9.53 Å². The van der Waals surface area contributed by atoms with Crippen LogP contribution >= 0.6 is 0 Å². The Bertz CT molecular complexity index is 329. The molecule has 0 radical (unpaired) electrons. The van der Waals surface area contributed by atoms with Crippen molar-refractivity contribution in [2.75, 3.05) is 6.61 Å². The number of nitrogens with one attached hydrogen (secondary N) is 1. The average Bonchev–Trinajstić information content (AvgIpc) is 2.63. The van der Waals surface area contributed by atoms with Crippen LogP contribution in [0.4, 0.5) is 0 Å². The molecule has 0 aliphatic heterocycles. The minimum atomic E-state index is -0.339. The number of aryl methyl sites for hydroxylation is 1. The summed E-state index contributed by atoms with van der Waals surface area (Å²) < 4.78 is 4.73. The van der Waals surface area contributed by atoms with Gasteiger partial charge in [0.1, 0.15) is 5.82 Å². The largest absolute Gasteiger partial charge is 0.463 e. The Labute approximate surface area is 83.0 Å². The second-order valence-corrected chi connectivity index (χ2v) is 2.71. The molecule has 0 aliphatic rings. The summed E-state index contributed by atoms with van der Waals surface area (Å²) in [5.74, 6) is 0.571. The molecule has 1 N–H and O–H groups in total. The van der Waals surface area contributed by atoms with Gasteiger partial charge in [0, 0.05) is 18.7 Å². The minimum absolute atomic E-state index is 0.339.